The van der Waals surface area contributed by atoms with E-state index in [4.69, 9.17) is 10.5 Å². The predicted octanol–water partition coefficient (Wildman–Crippen LogP) is 4.25. The summed E-state index contributed by atoms with van der Waals surface area (Å²) in [5, 5.41) is 0. The average Bonchev–Trinajstić information content (AvgIpc) is 2.42. The van der Waals surface area contributed by atoms with Crippen molar-refractivity contribution in [2.45, 2.75) is 32.6 Å². The zero-order chi connectivity index (χ0) is 13.2. The SMILES string of the molecule is Cc1ccc(Oc2ccc3c(c2)CCCC3)c(N)c1. The van der Waals surface area contributed by atoms with Gasteiger partial charge in [-0.1, -0.05) is 12.1 Å². The van der Waals surface area contributed by atoms with E-state index in [1.54, 1.807) is 0 Å². The molecular weight excluding hydrogens is 234 g/mol. The van der Waals surface area contributed by atoms with Gasteiger partial charge in [-0.2, -0.15) is 0 Å². The molecule has 2 aromatic carbocycles. The quantitative estimate of drug-likeness (QED) is 0.812. The maximum absolute atomic E-state index is 5.98. The van der Waals surface area contributed by atoms with E-state index >= 15 is 0 Å². The minimum absolute atomic E-state index is 0.692. The second-order valence-corrected chi connectivity index (χ2v) is 5.28. The van der Waals surface area contributed by atoms with E-state index in [1.165, 1.54) is 30.4 Å². The van der Waals surface area contributed by atoms with Gasteiger partial charge in [0, 0.05) is 0 Å². The van der Waals surface area contributed by atoms with E-state index < -0.39 is 0 Å². The fourth-order valence-electron chi connectivity index (χ4n) is 2.66. The minimum Gasteiger partial charge on any atom is -0.455 e. The lowest BCUT2D eigenvalue weighted by Crippen LogP contribution is -2.02. The van der Waals surface area contributed by atoms with Gasteiger partial charge in [0.05, 0.1) is 5.69 Å². The van der Waals surface area contributed by atoms with Crippen LogP contribution in [0.5, 0.6) is 11.5 Å². The van der Waals surface area contributed by atoms with Gasteiger partial charge in [-0.3, -0.25) is 0 Å². The summed E-state index contributed by atoms with van der Waals surface area (Å²) in [6, 6.07) is 12.3. The summed E-state index contributed by atoms with van der Waals surface area (Å²) in [6.07, 6.45) is 4.94. The molecule has 0 atom stereocenters. The van der Waals surface area contributed by atoms with Crippen molar-refractivity contribution in [2.75, 3.05) is 5.73 Å². The van der Waals surface area contributed by atoms with E-state index in [-0.39, 0.29) is 0 Å². The van der Waals surface area contributed by atoms with Gasteiger partial charge in [-0.15, -0.1) is 0 Å². The Morgan fingerprint density at radius 2 is 1.74 bits per heavy atom. The summed E-state index contributed by atoms with van der Waals surface area (Å²) < 4.78 is 5.91. The Labute approximate surface area is 114 Å². The Kier molecular flexibility index (Phi) is 3.16. The molecule has 19 heavy (non-hydrogen) atoms. The molecule has 0 heterocycles. The third-order valence-corrected chi connectivity index (χ3v) is 3.71. The maximum atomic E-state index is 5.98. The number of nitrogens with two attached hydrogens (primary N) is 1. The summed E-state index contributed by atoms with van der Waals surface area (Å²) in [5.74, 6) is 1.62. The van der Waals surface area contributed by atoms with Crippen LogP contribution in [0.1, 0.15) is 29.5 Å². The van der Waals surface area contributed by atoms with Gasteiger partial charge >= 0.3 is 0 Å². The van der Waals surface area contributed by atoms with Crippen molar-refractivity contribution < 1.29 is 4.74 Å². The molecule has 0 saturated heterocycles. The molecule has 0 bridgehead atoms. The Hall–Kier alpha value is -1.96. The number of benzene rings is 2. The van der Waals surface area contributed by atoms with Crippen LogP contribution >= 0.6 is 0 Å². The molecule has 1 aliphatic carbocycles. The molecule has 2 N–H and O–H groups in total. The standard InChI is InChI=1S/C17H19NO/c1-12-6-9-17(16(18)10-12)19-15-8-7-13-4-2-3-5-14(13)11-15/h6-11H,2-5,18H2,1H3. The number of hydrogen-bond acceptors (Lipinski definition) is 2. The summed E-state index contributed by atoms with van der Waals surface area (Å²) in [7, 11) is 0. The summed E-state index contributed by atoms with van der Waals surface area (Å²) in [6.45, 7) is 2.03. The van der Waals surface area contributed by atoms with Gasteiger partial charge in [0.15, 0.2) is 0 Å². The molecule has 0 radical (unpaired) electrons. The number of fused-ring (bicyclic) bond motifs is 1. The molecule has 2 aromatic rings. The zero-order valence-electron chi connectivity index (χ0n) is 11.3. The van der Waals surface area contributed by atoms with Gasteiger partial charge in [-0.25, -0.2) is 0 Å². The molecule has 3 rings (SSSR count). The monoisotopic (exact) mass is 253 g/mol. The van der Waals surface area contributed by atoms with Crippen molar-refractivity contribution in [1.82, 2.24) is 0 Å². The normalized spacial score (nSPS) is 13.9. The first-order chi connectivity index (χ1) is 9.22. The van der Waals surface area contributed by atoms with Crippen molar-refractivity contribution >= 4 is 5.69 Å². The van der Waals surface area contributed by atoms with Gasteiger partial charge < -0.3 is 10.5 Å². The van der Waals surface area contributed by atoms with Crippen LogP contribution in [0.25, 0.3) is 0 Å². The maximum Gasteiger partial charge on any atom is 0.150 e. The summed E-state index contributed by atoms with van der Waals surface area (Å²) >= 11 is 0. The number of anilines is 1. The van der Waals surface area contributed by atoms with Gasteiger partial charge in [0.1, 0.15) is 11.5 Å². The molecule has 0 amide bonds. The van der Waals surface area contributed by atoms with Crippen LogP contribution in [-0.2, 0) is 12.8 Å². The van der Waals surface area contributed by atoms with Crippen LogP contribution in [0.3, 0.4) is 0 Å². The van der Waals surface area contributed by atoms with E-state index in [0.717, 1.165) is 23.5 Å². The minimum atomic E-state index is 0.692. The highest BCUT2D eigenvalue weighted by molar-refractivity contribution is 5.55. The Morgan fingerprint density at radius 3 is 2.53 bits per heavy atom. The Bertz CT molecular complexity index is 604. The molecule has 0 aliphatic heterocycles. The number of nitrogen functional groups attached to an aromatic ring is 1. The summed E-state index contributed by atoms with van der Waals surface area (Å²) in [4.78, 5) is 0. The van der Waals surface area contributed by atoms with E-state index in [0.29, 0.717) is 5.69 Å². The first-order valence-electron chi connectivity index (χ1n) is 6.88. The second-order valence-electron chi connectivity index (χ2n) is 5.28. The molecule has 1 aliphatic rings. The predicted molar refractivity (Wildman–Crippen MR) is 78.7 cm³/mol. The lowest BCUT2D eigenvalue weighted by molar-refractivity contribution is 0.483. The highest BCUT2D eigenvalue weighted by Crippen LogP contribution is 2.31. The van der Waals surface area contributed by atoms with E-state index in [9.17, 15) is 0 Å². The summed E-state index contributed by atoms with van der Waals surface area (Å²) in [5.41, 5.74) is 10.7. The van der Waals surface area contributed by atoms with Crippen molar-refractivity contribution in [3.63, 3.8) is 0 Å². The van der Waals surface area contributed by atoms with Crippen LogP contribution in [0.2, 0.25) is 0 Å². The van der Waals surface area contributed by atoms with Crippen LogP contribution in [0.15, 0.2) is 36.4 Å². The van der Waals surface area contributed by atoms with E-state index in [1.807, 2.05) is 31.2 Å². The third kappa shape index (κ3) is 2.58. The van der Waals surface area contributed by atoms with Crippen LogP contribution in [-0.4, -0.2) is 0 Å². The number of rotatable bonds is 2. The number of aryl methyl sites for hydroxylation is 3. The largest absolute Gasteiger partial charge is 0.455 e. The van der Waals surface area contributed by atoms with Crippen molar-refractivity contribution in [3.8, 4) is 11.5 Å². The van der Waals surface area contributed by atoms with Crippen molar-refractivity contribution in [3.05, 3.63) is 53.1 Å². The second kappa shape index (κ2) is 4.96. The molecule has 0 spiro atoms. The van der Waals surface area contributed by atoms with Crippen LogP contribution in [0.4, 0.5) is 5.69 Å². The van der Waals surface area contributed by atoms with Gasteiger partial charge in [-0.05, 0) is 73.6 Å². The topological polar surface area (TPSA) is 35.2 Å². The molecular formula is C17H19NO. The number of hydrogen-bond donors (Lipinski definition) is 1. The van der Waals surface area contributed by atoms with Crippen LogP contribution < -0.4 is 10.5 Å². The Morgan fingerprint density at radius 1 is 0.947 bits per heavy atom. The zero-order valence-corrected chi connectivity index (χ0v) is 11.3. The molecule has 2 heteroatoms. The highest BCUT2D eigenvalue weighted by Gasteiger charge is 2.10. The Balaban J connectivity index is 1.87. The van der Waals surface area contributed by atoms with Gasteiger partial charge in [0.2, 0.25) is 0 Å². The molecule has 2 nitrogen and oxygen atoms in total. The molecule has 98 valence electrons. The third-order valence-electron chi connectivity index (χ3n) is 3.71. The first-order valence-corrected chi connectivity index (χ1v) is 6.88. The molecule has 0 unspecified atom stereocenters. The smallest absolute Gasteiger partial charge is 0.150 e. The van der Waals surface area contributed by atoms with Crippen LogP contribution in [0, 0.1) is 6.92 Å². The molecule has 0 fully saturated rings. The van der Waals surface area contributed by atoms with Crippen molar-refractivity contribution in [2.24, 2.45) is 0 Å². The average molecular weight is 253 g/mol. The lowest BCUT2D eigenvalue weighted by atomic mass is 9.92. The first kappa shape index (κ1) is 12.1. The van der Waals surface area contributed by atoms with E-state index in [2.05, 4.69) is 12.1 Å². The number of ether oxygens (including phenoxy) is 1. The highest BCUT2D eigenvalue weighted by atomic mass is 16.5. The van der Waals surface area contributed by atoms with Crippen molar-refractivity contribution in [1.29, 1.82) is 0 Å². The molecule has 0 saturated carbocycles. The fraction of sp³-hybridized carbons (Fsp3) is 0.294. The molecule has 0 aromatic heterocycles. The lowest BCUT2D eigenvalue weighted by Gasteiger charge is -2.17. The fourth-order valence-corrected chi connectivity index (χ4v) is 2.66. The van der Waals surface area contributed by atoms with Gasteiger partial charge in [0.25, 0.3) is 0 Å².